The lowest BCUT2D eigenvalue weighted by molar-refractivity contribution is -0.126. The first-order valence-corrected chi connectivity index (χ1v) is 8.52. The monoisotopic (exact) mass is 337 g/mol. The van der Waals surface area contributed by atoms with Gasteiger partial charge in [0.1, 0.15) is 5.82 Å². The van der Waals surface area contributed by atoms with Crippen molar-refractivity contribution in [3.05, 3.63) is 35.6 Å². The van der Waals surface area contributed by atoms with Crippen LogP contribution in [0.2, 0.25) is 0 Å². The summed E-state index contributed by atoms with van der Waals surface area (Å²) in [7, 11) is 1.62. The van der Waals surface area contributed by atoms with Crippen LogP contribution >= 0.6 is 0 Å². The molecule has 2 rings (SSSR count). The van der Waals surface area contributed by atoms with Crippen LogP contribution in [-0.4, -0.2) is 55.7 Å². The summed E-state index contributed by atoms with van der Waals surface area (Å²) in [6, 6.07) is 7.08. The fourth-order valence-corrected chi connectivity index (χ4v) is 3.13. The Morgan fingerprint density at radius 2 is 2.17 bits per heavy atom. The minimum atomic E-state index is -0.197. The maximum Gasteiger partial charge on any atom is 0.237 e. The molecule has 2 atom stereocenters. The molecule has 0 bridgehead atoms. The largest absolute Gasteiger partial charge is 0.383 e. The van der Waals surface area contributed by atoms with Gasteiger partial charge in [-0.2, -0.15) is 0 Å². The van der Waals surface area contributed by atoms with E-state index < -0.39 is 0 Å². The number of amides is 1. The van der Waals surface area contributed by atoms with Crippen LogP contribution in [0, 0.1) is 5.82 Å². The normalized spacial score (nSPS) is 21.4. The highest BCUT2D eigenvalue weighted by Gasteiger charge is 2.37. The Morgan fingerprint density at radius 1 is 1.42 bits per heavy atom. The number of hydrogen-bond donors (Lipinski definition) is 2. The van der Waals surface area contributed by atoms with Crippen molar-refractivity contribution in [2.24, 2.45) is 0 Å². The smallest absolute Gasteiger partial charge is 0.237 e. The topological polar surface area (TPSA) is 53.6 Å². The number of carbonyl (C=O) groups is 1. The van der Waals surface area contributed by atoms with Gasteiger partial charge in [-0.15, -0.1) is 0 Å². The Labute approximate surface area is 143 Å². The number of benzene rings is 1. The van der Waals surface area contributed by atoms with E-state index in [-0.39, 0.29) is 29.8 Å². The summed E-state index contributed by atoms with van der Waals surface area (Å²) in [5, 5.41) is 6.31. The van der Waals surface area contributed by atoms with Gasteiger partial charge in [-0.25, -0.2) is 4.39 Å². The van der Waals surface area contributed by atoms with Gasteiger partial charge in [-0.05, 0) is 26.3 Å². The molecule has 2 N–H and O–H groups in total. The minimum absolute atomic E-state index is 0.0379. The zero-order valence-corrected chi connectivity index (χ0v) is 14.7. The molecular formula is C18H28FN3O2. The van der Waals surface area contributed by atoms with E-state index in [0.717, 1.165) is 13.0 Å². The van der Waals surface area contributed by atoms with E-state index >= 15 is 0 Å². The maximum atomic E-state index is 13.7. The fraction of sp³-hybridized carbons (Fsp3) is 0.611. The number of likely N-dealkylation sites (tertiary alicyclic amines) is 1. The number of halogens is 1. The highest BCUT2D eigenvalue weighted by Crippen LogP contribution is 2.21. The molecule has 134 valence electrons. The molecule has 1 aliphatic heterocycles. The molecule has 6 heteroatoms. The van der Waals surface area contributed by atoms with Crippen molar-refractivity contribution in [2.45, 2.75) is 44.9 Å². The van der Waals surface area contributed by atoms with Gasteiger partial charge in [0.25, 0.3) is 0 Å². The van der Waals surface area contributed by atoms with Gasteiger partial charge in [-0.1, -0.05) is 18.2 Å². The van der Waals surface area contributed by atoms with E-state index in [2.05, 4.69) is 29.4 Å². The van der Waals surface area contributed by atoms with Gasteiger partial charge in [0, 0.05) is 44.4 Å². The van der Waals surface area contributed by atoms with Crippen LogP contribution in [0.3, 0.4) is 0 Å². The Kier molecular flexibility index (Phi) is 7.15. The molecule has 24 heavy (non-hydrogen) atoms. The van der Waals surface area contributed by atoms with E-state index in [1.54, 1.807) is 19.2 Å². The first-order chi connectivity index (χ1) is 11.5. The number of rotatable bonds is 8. The van der Waals surface area contributed by atoms with E-state index in [1.165, 1.54) is 6.07 Å². The van der Waals surface area contributed by atoms with Crippen molar-refractivity contribution in [3.8, 4) is 0 Å². The van der Waals surface area contributed by atoms with Crippen molar-refractivity contribution in [2.75, 3.05) is 26.8 Å². The third-order valence-corrected chi connectivity index (χ3v) is 4.45. The van der Waals surface area contributed by atoms with E-state index in [4.69, 9.17) is 4.74 Å². The second kappa shape index (κ2) is 9.11. The van der Waals surface area contributed by atoms with Crippen molar-refractivity contribution in [3.63, 3.8) is 0 Å². The predicted octanol–water partition coefficient (Wildman–Crippen LogP) is 1.53. The van der Waals surface area contributed by atoms with Crippen molar-refractivity contribution >= 4 is 5.91 Å². The van der Waals surface area contributed by atoms with Crippen molar-refractivity contribution in [1.82, 2.24) is 15.5 Å². The summed E-state index contributed by atoms with van der Waals surface area (Å²) in [4.78, 5) is 14.6. The molecule has 0 radical (unpaired) electrons. The predicted molar refractivity (Wildman–Crippen MR) is 92.2 cm³/mol. The summed E-state index contributed by atoms with van der Waals surface area (Å²) >= 11 is 0. The van der Waals surface area contributed by atoms with Gasteiger partial charge in [-0.3, -0.25) is 9.69 Å². The number of hydrogen-bond acceptors (Lipinski definition) is 4. The summed E-state index contributed by atoms with van der Waals surface area (Å²) in [6.45, 7) is 6.47. The van der Waals surface area contributed by atoms with Crippen LogP contribution in [0.4, 0.5) is 4.39 Å². The van der Waals surface area contributed by atoms with Crippen LogP contribution in [0.1, 0.15) is 25.8 Å². The number of nitrogens with zero attached hydrogens (tertiary/aromatic N) is 1. The lowest BCUT2D eigenvalue weighted by Gasteiger charge is -2.27. The fourth-order valence-electron chi connectivity index (χ4n) is 3.13. The van der Waals surface area contributed by atoms with E-state index in [0.29, 0.717) is 25.3 Å². The molecule has 1 saturated heterocycles. The molecule has 0 aromatic heterocycles. The van der Waals surface area contributed by atoms with Crippen LogP contribution in [0.5, 0.6) is 0 Å². The molecular weight excluding hydrogens is 309 g/mol. The van der Waals surface area contributed by atoms with Crippen molar-refractivity contribution in [1.29, 1.82) is 0 Å². The van der Waals surface area contributed by atoms with Crippen LogP contribution in [0.25, 0.3) is 0 Å². The summed E-state index contributed by atoms with van der Waals surface area (Å²) in [5.74, 6) is -0.159. The molecule has 1 aromatic carbocycles. The molecule has 1 aromatic rings. The lowest BCUT2D eigenvalue weighted by atomic mass is 10.1. The zero-order chi connectivity index (χ0) is 17.5. The number of nitrogens with one attached hydrogen (secondary N) is 2. The van der Waals surface area contributed by atoms with Crippen molar-refractivity contribution < 1.29 is 13.9 Å². The van der Waals surface area contributed by atoms with Gasteiger partial charge in [0.05, 0.1) is 12.6 Å². The van der Waals surface area contributed by atoms with Gasteiger partial charge in [0.15, 0.2) is 0 Å². The Balaban J connectivity index is 1.91. The highest BCUT2D eigenvalue weighted by atomic mass is 19.1. The quantitative estimate of drug-likeness (QED) is 0.707. The van der Waals surface area contributed by atoms with Gasteiger partial charge in [0.2, 0.25) is 5.91 Å². The van der Waals surface area contributed by atoms with Gasteiger partial charge < -0.3 is 15.4 Å². The van der Waals surface area contributed by atoms with E-state index in [1.807, 2.05) is 6.07 Å². The molecule has 0 aliphatic carbocycles. The molecule has 5 nitrogen and oxygen atoms in total. The summed E-state index contributed by atoms with van der Waals surface area (Å²) in [6.07, 6.45) is 0.728. The Bertz CT molecular complexity index is 539. The first-order valence-electron chi connectivity index (χ1n) is 8.52. The number of carbonyl (C=O) groups excluding carboxylic acids is 1. The Morgan fingerprint density at radius 3 is 2.83 bits per heavy atom. The average molecular weight is 337 g/mol. The lowest BCUT2D eigenvalue weighted by Crippen LogP contribution is -2.46. The standard InChI is InChI=1S/C18H28FN3O2/c1-13(2)22-12-15(10-17(22)18(23)20-8-9-24-3)21-11-14-6-4-5-7-16(14)19/h4-7,13,15,17,21H,8-12H2,1-3H3,(H,20,23)/t15-,17+/m1/s1. The second-order valence-electron chi connectivity index (χ2n) is 6.50. The molecule has 0 unspecified atom stereocenters. The van der Waals surface area contributed by atoms with Crippen LogP contribution in [0.15, 0.2) is 24.3 Å². The summed E-state index contributed by atoms with van der Waals surface area (Å²) < 4.78 is 18.7. The molecule has 0 spiro atoms. The summed E-state index contributed by atoms with van der Waals surface area (Å²) in [5.41, 5.74) is 0.654. The third-order valence-electron chi connectivity index (χ3n) is 4.45. The number of ether oxygens (including phenoxy) is 1. The molecule has 1 fully saturated rings. The van der Waals surface area contributed by atoms with Gasteiger partial charge >= 0.3 is 0 Å². The minimum Gasteiger partial charge on any atom is -0.383 e. The van der Waals surface area contributed by atoms with E-state index in [9.17, 15) is 9.18 Å². The molecule has 1 aliphatic rings. The molecule has 1 amide bonds. The Hall–Kier alpha value is -1.50. The SMILES string of the molecule is COCCNC(=O)[C@@H]1C[C@@H](NCc2ccccc2F)CN1C(C)C. The maximum absolute atomic E-state index is 13.7. The highest BCUT2D eigenvalue weighted by molar-refractivity contribution is 5.82. The third kappa shape index (κ3) is 5.00. The molecule has 0 saturated carbocycles. The van der Waals surface area contributed by atoms with Crippen LogP contribution < -0.4 is 10.6 Å². The molecule has 1 heterocycles. The zero-order valence-electron chi connectivity index (χ0n) is 14.7. The van der Waals surface area contributed by atoms with Crippen LogP contribution in [-0.2, 0) is 16.1 Å². The second-order valence-corrected chi connectivity index (χ2v) is 6.50. The number of methoxy groups -OCH3 is 1. The average Bonchev–Trinajstić information content (AvgIpc) is 2.99. The first kappa shape index (κ1) is 18.8.